The van der Waals surface area contributed by atoms with Crippen LogP contribution in [0.5, 0.6) is 11.5 Å². The van der Waals surface area contributed by atoms with Gasteiger partial charge in [-0.1, -0.05) is 65.3 Å². The molecule has 1 aliphatic rings. The first-order chi connectivity index (χ1) is 16.8. The quantitative estimate of drug-likeness (QED) is 0.271. The lowest BCUT2D eigenvalue weighted by molar-refractivity contribution is -0.127. The first-order valence-electron chi connectivity index (χ1n) is 11.2. The van der Waals surface area contributed by atoms with Crippen LogP contribution in [0.15, 0.2) is 65.1 Å². The summed E-state index contributed by atoms with van der Waals surface area (Å²) in [5.41, 5.74) is 3.99. The number of hydrogen-bond acceptors (Lipinski definition) is 5. The minimum atomic E-state index is -0.490. The van der Waals surface area contributed by atoms with Crippen molar-refractivity contribution in [1.82, 2.24) is 4.90 Å². The Morgan fingerprint density at radius 1 is 0.971 bits per heavy atom. The molecule has 0 radical (unpaired) electrons. The van der Waals surface area contributed by atoms with Crippen molar-refractivity contribution in [3.8, 4) is 11.5 Å². The lowest BCUT2D eigenvalue weighted by Gasteiger charge is -2.17. The smallest absolute Gasteiger partial charge is 0.289 e. The molecule has 0 bridgehead atoms. The second-order valence-corrected chi connectivity index (χ2v) is 10.7. The topological polar surface area (TPSA) is 55.8 Å². The van der Waals surface area contributed by atoms with Gasteiger partial charge in [0.2, 0.25) is 5.91 Å². The zero-order valence-corrected chi connectivity index (χ0v) is 22.6. The average molecular weight is 575 g/mol. The van der Waals surface area contributed by atoms with Gasteiger partial charge in [0.15, 0.2) is 11.5 Å². The molecule has 8 heteroatoms. The summed E-state index contributed by atoms with van der Waals surface area (Å²) in [6, 6.07) is 19.1. The molecule has 0 N–H and O–H groups in total. The molecule has 1 atom stereocenters. The predicted octanol–water partition coefficient (Wildman–Crippen LogP) is 7.20. The van der Waals surface area contributed by atoms with E-state index in [4.69, 9.17) is 21.1 Å². The Balaban J connectivity index is 1.47. The van der Waals surface area contributed by atoms with Crippen LogP contribution in [0.3, 0.4) is 0 Å². The molecule has 1 aliphatic heterocycles. The van der Waals surface area contributed by atoms with Gasteiger partial charge in [-0.25, -0.2) is 0 Å². The van der Waals surface area contributed by atoms with E-state index in [9.17, 15) is 9.59 Å². The Kier molecular flexibility index (Phi) is 8.42. The van der Waals surface area contributed by atoms with Crippen molar-refractivity contribution in [2.24, 2.45) is 0 Å². The molecule has 35 heavy (non-hydrogen) atoms. The summed E-state index contributed by atoms with van der Waals surface area (Å²) >= 11 is 10.6. The number of carbonyl (C=O) groups excluding carboxylic acids is 2. The van der Waals surface area contributed by atoms with E-state index in [1.54, 1.807) is 12.1 Å². The molecule has 182 valence electrons. The Morgan fingerprint density at radius 3 is 2.34 bits per heavy atom. The van der Waals surface area contributed by atoms with Crippen LogP contribution in [0.1, 0.15) is 29.2 Å². The van der Waals surface area contributed by atoms with Gasteiger partial charge in [-0.15, -0.1) is 0 Å². The second-order valence-electron chi connectivity index (χ2n) is 8.24. The fraction of sp³-hybridized carbons (Fsp3) is 0.259. The van der Waals surface area contributed by atoms with Gasteiger partial charge in [0.05, 0.1) is 22.9 Å². The highest BCUT2D eigenvalue weighted by Gasteiger charge is 2.39. The van der Waals surface area contributed by atoms with E-state index in [0.717, 1.165) is 32.9 Å². The summed E-state index contributed by atoms with van der Waals surface area (Å²) in [6.07, 6.45) is 0.406. The summed E-state index contributed by atoms with van der Waals surface area (Å²) < 4.78 is 12.7. The molecule has 0 aromatic heterocycles. The third-order valence-corrected chi connectivity index (χ3v) is 7.47. The van der Waals surface area contributed by atoms with Crippen LogP contribution in [0.4, 0.5) is 4.79 Å². The zero-order valence-electron chi connectivity index (χ0n) is 19.4. The highest BCUT2D eigenvalue weighted by molar-refractivity contribution is 9.10. The molecular formula is C27H25BrClNO4S. The Bertz CT molecular complexity index is 1220. The van der Waals surface area contributed by atoms with E-state index in [0.29, 0.717) is 36.2 Å². The van der Waals surface area contributed by atoms with Crippen LogP contribution in [0.2, 0.25) is 5.02 Å². The molecule has 3 aromatic carbocycles. The largest absolute Gasteiger partial charge is 0.490 e. The highest BCUT2D eigenvalue weighted by atomic mass is 79.9. The normalized spacial score (nSPS) is 15.5. The lowest BCUT2D eigenvalue weighted by atomic mass is 10.1. The number of rotatable bonds is 9. The fourth-order valence-corrected chi connectivity index (χ4v) is 5.50. The molecule has 2 amide bonds. The van der Waals surface area contributed by atoms with Crippen molar-refractivity contribution < 1.29 is 19.1 Å². The van der Waals surface area contributed by atoms with E-state index >= 15 is 0 Å². The van der Waals surface area contributed by atoms with Crippen molar-refractivity contribution in [2.75, 3.05) is 6.61 Å². The molecule has 4 rings (SSSR count). The summed E-state index contributed by atoms with van der Waals surface area (Å²) in [5, 5.41) is -0.116. The maximum atomic E-state index is 13.0. The summed E-state index contributed by atoms with van der Waals surface area (Å²) in [6.45, 7) is 5.07. The molecule has 0 aliphatic carbocycles. The molecule has 0 unspecified atom stereocenters. The monoisotopic (exact) mass is 573 g/mol. The van der Waals surface area contributed by atoms with Crippen LogP contribution in [-0.4, -0.2) is 27.9 Å². The maximum Gasteiger partial charge on any atom is 0.289 e. The summed E-state index contributed by atoms with van der Waals surface area (Å²) in [4.78, 5) is 26.9. The molecule has 1 fully saturated rings. The minimum absolute atomic E-state index is 0.191. The number of hydrogen-bond donors (Lipinski definition) is 0. The number of benzene rings is 3. The van der Waals surface area contributed by atoms with Gasteiger partial charge >= 0.3 is 0 Å². The molecule has 1 heterocycles. The van der Waals surface area contributed by atoms with Crippen LogP contribution in [0.25, 0.3) is 0 Å². The van der Waals surface area contributed by atoms with E-state index in [1.807, 2.05) is 62.4 Å². The third-order valence-electron chi connectivity index (χ3n) is 5.55. The fourth-order valence-electron chi connectivity index (χ4n) is 3.74. The van der Waals surface area contributed by atoms with E-state index in [-0.39, 0.29) is 17.7 Å². The third kappa shape index (κ3) is 6.40. The van der Waals surface area contributed by atoms with Crippen molar-refractivity contribution in [2.45, 2.75) is 38.7 Å². The predicted molar refractivity (Wildman–Crippen MR) is 143 cm³/mol. The van der Waals surface area contributed by atoms with Gasteiger partial charge < -0.3 is 9.47 Å². The van der Waals surface area contributed by atoms with Crippen molar-refractivity contribution >= 4 is 50.4 Å². The second kappa shape index (κ2) is 11.5. The number of imide groups is 1. The lowest BCUT2D eigenvalue weighted by Crippen LogP contribution is -2.31. The number of thioether (sulfide) groups is 1. The minimum Gasteiger partial charge on any atom is -0.490 e. The van der Waals surface area contributed by atoms with Gasteiger partial charge in [0.1, 0.15) is 6.61 Å². The molecule has 0 spiro atoms. The van der Waals surface area contributed by atoms with Crippen molar-refractivity contribution in [3.63, 3.8) is 0 Å². The number of ether oxygens (including phenoxy) is 2. The van der Waals surface area contributed by atoms with Gasteiger partial charge in [0, 0.05) is 5.02 Å². The molecule has 0 saturated carbocycles. The van der Waals surface area contributed by atoms with Gasteiger partial charge in [-0.05, 0) is 77.2 Å². The van der Waals surface area contributed by atoms with E-state index < -0.39 is 5.25 Å². The van der Waals surface area contributed by atoms with Crippen LogP contribution >= 0.6 is 39.3 Å². The molecule has 3 aromatic rings. The molecule has 1 saturated heterocycles. The van der Waals surface area contributed by atoms with Gasteiger partial charge in [-0.2, -0.15) is 0 Å². The van der Waals surface area contributed by atoms with Crippen molar-refractivity contribution in [1.29, 1.82) is 0 Å². The molecule has 5 nitrogen and oxygen atoms in total. The number of carbonyl (C=O) groups is 2. The summed E-state index contributed by atoms with van der Waals surface area (Å²) in [7, 11) is 0. The Labute approximate surface area is 222 Å². The Hall–Kier alpha value is -2.48. The van der Waals surface area contributed by atoms with Gasteiger partial charge in [-0.3, -0.25) is 14.5 Å². The first kappa shape index (κ1) is 25.6. The van der Waals surface area contributed by atoms with Crippen molar-refractivity contribution in [3.05, 3.63) is 92.4 Å². The van der Waals surface area contributed by atoms with Gasteiger partial charge in [0.25, 0.3) is 5.24 Å². The highest BCUT2D eigenvalue weighted by Crippen LogP contribution is 2.39. The molecular weight excluding hydrogens is 550 g/mol. The summed E-state index contributed by atoms with van der Waals surface area (Å²) in [5.74, 6) is 1.02. The standard InChI is InChI=1S/C27H25BrClNO4S/c1-3-33-23-13-20(12-22(28)25(23)34-16-19-6-4-17(2)5-7-19)14-24-26(31)30(27(32)35-24)15-18-8-10-21(29)11-9-18/h4-13,24H,3,14-16H2,1-2H3/t24-/m1/s1. The van der Waals surface area contributed by atoms with Crippen LogP contribution in [-0.2, 0) is 24.4 Å². The average Bonchev–Trinajstić information content (AvgIpc) is 3.08. The number of halogens is 2. The van der Waals surface area contributed by atoms with E-state index in [1.165, 1.54) is 10.5 Å². The zero-order chi connectivity index (χ0) is 24.9. The maximum absolute atomic E-state index is 13.0. The number of nitrogens with zero attached hydrogens (tertiary/aromatic N) is 1. The van der Waals surface area contributed by atoms with Crippen LogP contribution < -0.4 is 9.47 Å². The number of amides is 2. The van der Waals surface area contributed by atoms with Crippen LogP contribution in [0, 0.1) is 6.92 Å². The van der Waals surface area contributed by atoms with E-state index in [2.05, 4.69) is 15.9 Å². The first-order valence-corrected chi connectivity index (χ1v) is 13.3. The SMILES string of the molecule is CCOc1cc(C[C@H]2SC(=O)N(Cc3ccc(Cl)cc3)C2=O)cc(Br)c1OCc1ccc(C)cc1. The Morgan fingerprint density at radius 2 is 1.66 bits per heavy atom. The number of aryl methyl sites for hydroxylation is 1.